The van der Waals surface area contributed by atoms with Gasteiger partial charge in [0.15, 0.2) is 23.3 Å². The number of aryl methyl sites for hydroxylation is 1. The van der Waals surface area contributed by atoms with Gasteiger partial charge in [0, 0.05) is 44.2 Å². The maximum Gasteiger partial charge on any atom is 0.416 e. The number of fused-ring (bicyclic) bond motifs is 3. The minimum atomic E-state index is -4.43. The molecule has 0 aliphatic carbocycles. The van der Waals surface area contributed by atoms with Gasteiger partial charge < -0.3 is 4.57 Å². The van der Waals surface area contributed by atoms with Crippen LogP contribution in [0, 0.1) is 6.92 Å². The molecule has 3 aromatic heterocycles. The fraction of sp³-hybridized carbons (Fsp3) is 0.0351. The Labute approximate surface area is 378 Å². The van der Waals surface area contributed by atoms with Gasteiger partial charge in [0.25, 0.3) is 0 Å². The van der Waals surface area contributed by atoms with Crippen LogP contribution in [0.4, 0.5) is 13.2 Å². The number of alkyl halides is 3. The number of nitrogens with zero attached hydrogens (tertiary/aromatic N) is 6. The molecule has 0 aliphatic rings. The molecule has 11 rings (SSSR count). The lowest BCUT2D eigenvalue weighted by Crippen LogP contribution is -2.05. The monoisotopic (exact) mass is 862 g/mol. The van der Waals surface area contributed by atoms with Crippen LogP contribution < -0.4 is 0 Å². The van der Waals surface area contributed by atoms with Crippen molar-refractivity contribution < 1.29 is 13.2 Å². The molecule has 0 saturated carbocycles. The molecular weight excluding hydrogens is 826 g/mol. The third-order valence-corrected chi connectivity index (χ3v) is 11.8. The Morgan fingerprint density at radius 3 is 1.44 bits per heavy atom. The van der Waals surface area contributed by atoms with E-state index in [-0.39, 0.29) is 0 Å². The number of aromatic nitrogens is 6. The Bertz CT molecular complexity index is 3460. The zero-order valence-corrected chi connectivity index (χ0v) is 35.4. The topological polar surface area (TPSA) is 69.4 Å². The van der Waals surface area contributed by atoms with Crippen molar-refractivity contribution in [1.82, 2.24) is 29.5 Å². The van der Waals surface area contributed by atoms with Crippen molar-refractivity contribution >= 4 is 21.8 Å². The number of hydrogen-bond donors (Lipinski definition) is 0. The number of rotatable bonds is 8. The summed E-state index contributed by atoms with van der Waals surface area (Å²) in [6, 6.07) is 66.2. The Hall–Kier alpha value is -8.56. The van der Waals surface area contributed by atoms with E-state index < -0.39 is 11.7 Å². The molecule has 0 atom stereocenters. The third-order valence-electron chi connectivity index (χ3n) is 11.8. The summed E-state index contributed by atoms with van der Waals surface area (Å²) < 4.78 is 43.3. The lowest BCUT2D eigenvalue weighted by atomic mass is 9.97. The Balaban J connectivity index is 1.17. The molecule has 8 aromatic carbocycles. The third kappa shape index (κ3) is 7.56. The lowest BCUT2D eigenvalue weighted by molar-refractivity contribution is -0.137. The van der Waals surface area contributed by atoms with Gasteiger partial charge in [-0.25, -0.2) is 24.9 Å². The van der Waals surface area contributed by atoms with E-state index in [0.717, 1.165) is 83.9 Å². The van der Waals surface area contributed by atoms with Gasteiger partial charge in [0.05, 0.1) is 33.7 Å². The van der Waals surface area contributed by atoms with Crippen molar-refractivity contribution in [2.45, 2.75) is 13.1 Å². The first-order valence-corrected chi connectivity index (χ1v) is 21.5. The van der Waals surface area contributed by atoms with E-state index in [1.807, 2.05) is 158 Å². The van der Waals surface area contributed by atoms with Crippen molar-refractivity contribution in [3.05, 3.63) is 217 Å². The Morgan fingerprint density at radius 2 is 0.864 bits per heavy atom. The predicted octanol–water partition coefficient (Wildman–Crippen LogP) is 14.8. The van der Waals surface area contributed by atoms with Crippen LogP contribution in [0.1, 0.15) is 11.1 Å². The molecule has 0 radical (unpaired) electrons. The van der Waals surface area contributed by atoms with Gasteiger partial charge in [-0.3, -0.25) is 0 Å². The molecule has 0 bridgehead atoms. The minimum absolute atomic E-state index is 0.449. The molecule has 0 fully saturated rings. The highest BCUT2D eigenvalue weighted by atomic mass is 19.4. The maximum atomic E-state index is 13.7. The standard InChI is InChI=1S/C57H37F3N6/c1-36-32-43(57(58,59)60)28-29-44(36)41-26-30-51-46(33-41)45-24-14-15-25-50(45)66(51)52-31-27-42(55-61-48(37-16-6-2-7-17-37)35-49(62-55)38-18-8-3-9-19-38)34-47(52)56-64-53(39-20-10-4-11-21-39)63-54(65-56)40-22-12-5-13-23-40/h2-35H,1H3. The van der Waals surface area contributed by atoms with Crippen LogP contribution in [0.15, 0.2) is 206 Å². The van der Waals surface area contributed by atoms with Gasteiger partial charge in [-0.2, -0.15) is 13.2 Å². The first kappa shape index (κ1) is 40.2. The molecule has 6 nitrogen and oxygen atoms in total. The first-order valence-electron chi connectivity index (χ1n) is 21.5. The van der Waals surface area contributed by atoms with E-state index in [0.29, 0.717) is 34.4 Å². The molecule has 316 valence electrons. The Kier molecular flexibility index (Phi) is 10.1. The first-order chi connectivity index (χ1) is 32.2. The molecule has 0 spiro atoms. The average molecular weight is 863 g/mol. The summed E-state index contributed by atoms with van der Waals surface area (Å²) in [5.41, 5.74) is 10.7. The highest BCUT2D eigenvalue weighted by Crippen LogP contribution is 2.41. The van der Waals surface area contributed by atoms with E-state index in [2.05, 4.69) is 34.9 Å². The van der Waals surface area contributed by atoms with Crippen LogP contribution in [0.25, 0.3) is 107 Å². The second kappa shape index (κ2) is 16.5. The summed E-state index contributed by atoms with van der Waals surface area (Å²) in [6.45, 7) is 1.72. The highest BCUT2D eigenvalue weighted by Gasteiger charge is 2.31. The summed E-state index contributed by atoms with van der Waals surface area (Å²) in [6.07, 6.45) is -4.43. The highest BCUT2D eigenvalue weighted by molar-refractivity contribution is 6.11. The molecular formula is C57H37F3N6. The SMILES string of the molecule is Cc1cc(C(F)(F)F)ccc1-c1ccc2c(c1)c1ccccc1n2-c1ccc(-c2nc(-c3ccccc3)cc(-c3ccccc3)n2)cc1-c1nc(-c2ccccc2)nc(-c2ccccc2)n1. The summed E-state index contributed by atoms with van der Waals surface area (Å²) in [5.74, 6) is 2.01. The van der Waals surface area contributed by atoms with Crippen molar-refractivity contribution in [1.29, 1.82) is 0 Å². The number of halogens is 3. The van der Waals surface area contributed by atoms with Gasteiger partial charge in [-0.15, -0.1) is 0 Å². The van der Waals surface area contributed by atoms with Crippen LogP contribution in [-0.4, -0.2) is 29.5 Å². The molecule has 0 saturated heterocycles. The smallest absolute Gasteiger partial charge is 0.309 e. The maximum absolute atomic E-state index is 13.7. The van der Waals surface area contributed by atoms with Crippen LogP contribution in [-0.2, 0) is 6.18 Å². The van der Waals surface area contributed by atoms with Crippen molar-refractivity contribution in [3.8, 4) is 84.9 Å². The minimum Gasteiger partial charge on any atom is -0.309 e. The molecule has 0 unspecified atom stereocenters. The summed E-state index contributed by atoms with van der Waals surface area (Å²) in [4.78, 5) is 25.8. The van der Waals surface area contributed by atoms with Crippen LogP contribution >= 0.6 is 0 Å². The van der Waals surface area contributed by atoms with Crippen molar-refractivity contribution in [2.24, 2.45) is 0 Å². The van der Waals surface area contributed by atoms with Gasteiger partial charge in [0.1, 0.15) is 0 Å². The summed E-state index contributed by atoms with van der Waals surface area (Å²) >= 11 is 0. The number of para-hydroxylation sites is 1. The van der Waals surface area contributed by atoms with E-state index in [9.17, 15) is 13.2 Å². The second-order valence-electron chi connectivity index (χ2n) is 16.1. The normalized spacial score (nSPS) is 11.6. The Morgan fingerprint density at radius 1 is 0.364 bits per heavy atom. The summed E-state index contributed by atoms with van der Waals surface area (Å²) in [5, 5.41) is 1.92. The molecule has 3 heterocycles. The van der Waals surface area contributed by atoms with Crippen LogP contribution in [0.5, 0.6) is 0 Å². The van der Waals surface area contributed by atoms with Gasteiger partial charge in [-0.1, -0.05) is 152 Å². The molecule has 11 aromatic rings. The molecule has 0 amide bonds. The van der Waals surface area contributed by atoms with E-state index in [4.69, 9.17) is 24.9 Å². The van der Waals surface area contributed by atoms with Gasteiger partial charge in [0.2, 0.25) is 0 Å². The van der Waals surface area contributed by atoms with Crippen LogP contribution in [0.3, 0.4) is 0 Å². The fourth-order valence-electron chi connectivity index (χ4n) is 8.63. The van der Waals surface area contributed by atoms with E-state index in [1.165, 1.54) is 6.07 Å². The molecule has 0 aliphatic heterocycles. The summed E-state index contributed by atoms with van der Waals surface area (Å²) in [7, 11) is 0. The number of hydrogen-bond acceptors (Lipinski definition) is 5. The zero-order chi connectivity index (χ0) is 44.8. The second-order valence-corrected chi connectivity index (χ2v) is 16.1. The van der Waals surface area contributed by atoms with E-state index >= 15 is 0 Å². The van der Waals surface area contributed by atoms with E-state index in [1.54, 1.807) is 13.0 Å². The van der Waals surface area contributed by atoms with Gasteiger partial charge >= 0.3 is 6.18 Å². The lowest BCUT2D eigenvalue weighted by Gasteiger charge is -2.17. The molecule has 0 N–H and O–H groups in total. The largest absolute Gasteiger partial charge is 0.416 e. The average Bonchev–Trinajstić information content (AvgIpc) is 3.70. The van der Waals surface area contributed by atoms with Gasteiger partial charge in [-0.05, 0) is 78.2 Å². The number of benzene rings is 8. The zero-order valence-electron chi connectivity index (χ0n) is 35.4. The quantitative estimate of drug-likeness (QED) is 0.152. The van der Waals surface area contributed by atoms with Crippen LogP contribution in [0.2, 0.25) is 0 Å². The van der Waals surface area contributed by atoms with Crippen molar-refractivity contribution in [3.63, 3.8) is 0 Å². The fourth-order valence-corrected chi connectivity index (χ4v) is 8.63. The predicted molar refractivity (Wildman–Crippen MR) is 258 cm³/mol. The molecule has 9 heteroatoms. The molecule has 66 heavy (non-hydrogen) atoms. The van der Waals surface area contributed by atoms with Crippen molar-refractivity contribution in [2.75, 3.05) is 0 Å².